The third kappa shape index (κ3) is 10.2. The van der Waals surface area contributed by atoms with Gasteiger partial charge in [-0.05, 0) is 78.8 Å². The number of H-pyrrole nitrogens is 1. The first-order chi connectivity index (χ1) is 28.1. The topological polar surface area (TPSA) is 207 Å². The second-order valence-corrected chi connectivity index (χ2v) is 13.2. The number of aromatic carboxylic acids is 1. The first kappa shape index (κ1) is 40.6. The van der Waals surface area contributed by atoms with Crippen molar-refractivity contribution in [3.63, 3.8) is 0 Å². The molecular weight excluding hydrogens is 748 g/mol. The standard InChI is InChI=1S/C33H34N6O6.C9H8O4/c1-3-42-32-34-28-15-9-14-27(31(40)43-21(2)44-33(41)45-24-10-5-4-6-11-24)29(28)39(32)20-22-16-18-23(19-17-22)25-12-7-8-13-26(25)30-35-37-38-36-30;1-6(10)13-8-5-3-2-4-7(8)9(11)12/h7-9,12-19,21,24H,3-6,10-11,20H2,1-2H3,(H,35,36,37,38);2-5H,1H3,(H,11,12). The first-order valence-corrected chi connectivity index (χ1v) is 18.7. The molecule has 2 N–H and O–H groups in total. The zero-order chi connectivity index (χ0) is 41.0. The molecule has 2 aromatic heterocycles. The monoisotopic (exact) mass is 790 g/mol. The molecule has 1 aliphatic carbocycles. The summed E-state index contributed by atoms with van der Waals surface area (Å²) in [4.78, 5) is 51.5. The van der Waals surface area contributed by atoms with E-state index in [9.17, 15) is 19.2 Å². The van der Waals surface area contributed by atoms with Crippen molar-refractivity contribution in [1.29, 1.82) is 0 Å². The maximum absolute atomic E-state index is 13.4. The highest BCUT2D eigenvalue weighted by molar-refractivity contribution is 6.02. The van der Waals surface area contributed by atoms with Crippen molar-refractivity contribution in [1.82, 2.24) is 30.2 Å². The summed E-state index contributed by atoms with van der Waals surface area (Å²) in [5.41, 5.74) is 5.16. The quantitative estimate of drug-likeness (QED) is 0.0695. The Morgan fingerprint density at radius 1 is 0.862 bits per heavy atom. The lowest BCUT2D eigenvalue weighted by Gasteiger charge is -2.22. The number of imidazole rings is 1. The number of carboxylic acids is 1. The summed E-state index contributed by atoms with van der Waals surface area (Å²) in [5.74, 6) is -1.72. The van der Waals surface area contributed by atoms with Gasteiger partial charge in [0.25, 0.3) is 6.01 Å². The number of nitrogens with one attached hydrogen (secondary N) is 1. The van der Waals surface area contributed by atoms with Crippen LogP contribution >= 0.6 is 0 Å². The van der Waals surface area contributed by atoms with Crippen LogP contribution in [0.2, 0.25) is 0 Å². The van der Waals surface area contributed by atoms with E-state index in [1.54, 1.807) is 24.3 Å². The Kier molecular flexibility index (Phi) is 13.4. The fourth-order valence-corrected chi connectivity index (χ4v) is 6.50. The molecular formula is C42H42N6O10. The maximum atomic E-state index is 13.4. The highest BCUT2D eigenvalue weighted by Crippen LogP contribution is 2.31. The van der Waals surface area contributed by atoms with Gasteiger partial charge >= 0.3 is 24.1 Å². The molecule has 0 amide bonds. The van der Waals surface area contributed by atoms with Gasteiger partial charge in [0.2, 0.25) is 12.1 Å². The molecule has 0 saturated heterocycles. The lowest BCUT2D eigenvalue weighted by atomic mass is 9.98. The van der Waals surface area contributed by atoms with E-state index >= 15 is 0 Å². The van der Waals surface area contributed by atoms with E-state index in [-0.39, 0.29) is 23.0 Å². The summed E-state index contributed by atoms with van der Waals surface area (Å²) in [6.07, 6.45) is 2.65. The van der Waals surface area contributed by atoms with Crippen LogP contribution in [0, 0.1) is 0 Å². The maximum Gasteiger partial charge on any atom is 0.511 e. The summed E-state index contributed by atoms with van der Waals surface area (Å²) < 4.78 is 28.6. The van der Waals surface area contributed by atoms with E-state index < -0.39 is 30.4 Å². The third-order valence-electron chi connectivity index (χ3n) is 9.07. The Morgan fingerprint density at radius 3 is 2.26 bits per heavy atom. The third-order valence-corrected chi connectivity index (χ3v) is 9.07. The fourth-order valence-electron chi connectivity index (χ4n) is 6.50. The number of ether oxygens (including phenoxy) is 5. The van der Waals surface area contributed by atoms with E-state index in [4.69, 9.17) is 24.1 Å². The van der Waals surface area contributed by atoms with Gasteiger partial charge in [-0.15, -0.1) is 10.2 Å². The van der Waals surface area contributed by atoms with Crippen molar-refractivity contribution in [2.45, 2.75) is 71.8 Å². The number of tetrazole rings is 1. The number of aromatic amines is 1. The van der Waals surface area contributed by atoms with Crippen LogP contribution in [0.3, 0.4) is 0 Å². The van der Waals surface area contributed by atoms with Gasteiger partial charge in [0.15, 0.2) is 0 Å². The summed E-state index contributed by atoms with van der Waals surface area (Å²) in [6, 6.07) is 27.5. The van der Waals surface area contributed by atoms with Crippen LogP contribution in [-0.4, -0.2) is 78.3 Å². The molecule has 1 aliphatic rings. The lowest BCUT2D eigenvalue weighted by molar-refractivity contribution is -0.131. The lowest BCUT2D eigenvalue weighted by Crippen LogP contribution is -2.26. The normalized spacial score (nSPS) is 13.1. The Labute approximate surface area is 333 Å². The smallest absolute Gasteiger partial charge is 0.478 e. The van der Waals surface area contributed by atoms with Crippen molar-refractivity contribution in [2.75, 3.05) is 6.61 Å². The number of carbonyl (C=O) groups is 4. The molecule has 58 heavy (non-hydrogen) atoms. The van der Waals surface area contributed by atoms with E-state index in [1.165, 1.54) is 26.0 Å². The van der Waals surface area contributed by atoms with Crippen LogP contribution < -0.4 is 9.47 Å². The molecule has 1 saturated carbocycles. The largest absolute Gasteiger partial charge is 0.511 e. The predicted octanol–water partition coefficient (Wildman–Crippen LogP) is 7.63. The molecule has 16 nitrogen and oxygen atoms in total. The molecule has 0 radical (unpaired) electrons. The van der Waals surface area contributed by atoms with Crippen LogP contribution in [0.5, 0.6) is 11.8 Å². The average molecular weight is 791 g/mol. The number of fused-ring (bicyclic) bond motifs is 1. The van der Waals surface area contributed by atoms with Crippen molar-refractivity contribution in [2.24, 2.45) is 0 Å². The number of hydrogen-bond donors (Lipinski definition) is 2. The highest BCUT2D eigenvalue weighted by atomic mass is 16.8. The number of rotatable bonds is 12. The zero-order valence-electron chi connectivity index (χ0n) is 32.1. The molecule has 1 unspecified atom stereocenters. The van der Waals surface area contributed by atoms with Crippen LogP contribution in [0.15, 0.2) is 91.0 Å². The van der Waals surface area contributed by atoms with Crippen molar-refractivity contribution < 1.29 is 48.0 Å². The molecule has 0 bridgehead atoms. The van der Waals surface area contributed by atoms with Crippen LogP contribution in [0.4, 0.5) is 4.79 Å². The van der Waals surface area contributed by atoms with Crippen LogP contribution in [0.1, 0.15) is 79.2 Å². The fraction of sp³-hybridized carbons (Fsp3) is 0.286. The number of hydrogen-bond acceptors (Lipinski definition) is 13. The Balaban J connectivity index is 0.000000372. The number of aromatic nitrogens is 6. The molecule has 300 valence electrons. The van der Waals surface area contributed by atoms with E-state index in [2.05, 4.69) is 30.3 Å². The Morgan fingerprint density at radius 2 is 1.57 bits per heavy atom. The predicted molar refractivity (Wildman–Crippen MR) is 209 cm³/mol. The summed E-state index contributed by atoms with van der Waals surface area (Å²) in [5, 5.41) is 23.2. The summed E-state index contributed by atoms with van der Waals surface area (Å²) in [6.45, 7) is 5.35. The molecule has 2 heterocycles. The number of nitrogens with zero attached hydrogens (tertiary/aromatic N) is 5. The number of carboxylic acid groups (broad SMARTS) is 1. The van der Waals surface area contributed by atoms with Gasteiger partial charge < -0.3 is 28.8 Å². The van der Waals surface area contributed by atoms with Crippen molar-refractivity contribution in [3.8, 4) is 34.3 Å². The SMILES string of the molecule is CC(=O)Oc1ccccc1C(=O)O.CCOc1nc2cccc(C(=O)OC(C)OC(=O)OC3CCCCC3)c2n1Cc1ccc(-c2ccccc2-c2nn[nH]n2)cc1. The van der Waals surface area contributed by atoms with E-state index in [0.29, 0.717) is 36.0 Å². The van der Waals surface area contributed by atoms with Gasteiger partial charge in [-0.25, -0.2) is 14.4 Å². The molecule has 0 spiro atoms. The van der Waals surface area contributed by atoms with E-state index in [1.807, 2.05) is 66.1 Å². The number of benzene rings is 4. The second kappa shape index (κ2) is 19.2. The van der Waals surface area contributed by atoms with Crippen LogP contribution in [0.25, 0.3) is 33.5 Å². The van der Waals surface area contributed by atoms with Crippen molar-refractivity contribution >= 4 is 35.1 Å². The first-order valence-electron chi connectivity index (χ1n) is 18.7. The molecule has 1 atom stereocenters. The molecule has 4 aromatic carbocycles. The second-order valence-electron chi connectivity index (χ2n) is 13.2. The number of esters is 2. The minimum atomic E-state index is -1.14. The van der Waals surface area contributed by atoms with Gasteiger partial charge in [0, 0.05) is 19.4 Å². The zero-order valence-corrected chi connectivity index (χ0v) is 32.1. The van der Waals surface area contributed by atoms with Gasteiger partial charge in [0.05, 0.1) is 29.7 Å². The van der Waals surface area contributed by atoms with Gasteiger partial charge in [-0.2, -0.15) is 10.2 Å². The van der Waals surface area contributed by atoms with Crippen molar-refractivity contribution in [3.05, 3.63) is 108 Å². The molecule has 6 aromatic rings. The van der Waals surface area contributed by atoms with Gasteiger partial charge in [0.1, 0.15) is 17.4 Å². The molecule has 7 rings (SSSR count). The van der Waals surface area contributed by atoms with Gasteiger partial charge in [-0.1, -0.05) is 73.2 Å². The Bertz CT molecular complexity index is 2350. The Hall–Kier alpha value is -7.10. The minimum Gasteiger partial charge on any atom is -0.478 e. The molecule has 1 fully saturated rings. The number of para-hydroxylation sites is 2. The van der Waals surface area contributed by atoms with Gasteiger partial charge in [-0.3, -0.25) is 9.36 Å². The van der Waals surface area contributed by atoms with Crippen LogP contribution in [-0.2, 0) is 25.5 Å². The average Bonchev–Trinajstić information content (AvgIpc) is 3.87. The molecule has 16 heteroatoms. The summed E-state index contributed by atoms with van der Waals surface area (Å²) >= 11 is 0. The summed E-state index contributed by atoms with van der Waals surface area (Å²) in [7, 11) is 0. The highest BCUT2D eigenvalue weighted by Gasteiger charge is 2.25. The number of carbonyl (C=O) groups excluding carboxylic acids is 3. The van der Waals surface area contributed by atoms with E-state index in [0.717, 1.165) is 54.4 Å². The minimum absolute atomic E-state index is 0.0160. The molecule has 0 aliphatic heterocycles.